The van der Waals surface area contributed by atoms with Gasteiger partial charge in [-0.05, 0) is 0 Å². The second-order valence-corrected chi connectivity index (χ2v) is 2.68. The van der Waals surface area contributed by atoms with Crippen LogP contribution in [0.2, 0.25) is 0 Å². The fourth-order valence-electron chi connectivity index (χ4n) is 0.963. The van der Waals surface area contributed by atoms with Crippen LogP contribution in [0.4, 0.5) is 14.5 Å². The standard InChI is InChI=1S/C8H6F2N2O4/c1-16-8(13)6-3-4(12(14)15)2-5(11-6)7(9)10/h2-3,7H,1H3. The van der Waals surface area contributed by atoms with Crippen molar-refractivity contribution in [2.24, 2.45) is 0 Å². The second kappa shape index (κ2) is 4.60. The molecule has 0 radical (unpaired) electrons. The number of rotatable bonds is 3. The molecule has 16 heavy (non-hydrogen) atoms. The molecule has 8 heteroatoms. The first kappa shape index (κ1) is 12.0. The molecular formula is C8H6F2N2O4. The van der Waals surface area contributed by atoms with E-state index in [0.717, 1.165) is 13.2 Å². The molecule has 0 saturated carbocycles. The number of esters is 1. The van der Waals surface area contributed by atoms with Gasteiger partial charge in [0.1, 0.15) is 5.69 Å². The van der Waals surface area contributed by atoms with Gasteiger partial charge in [0.05, 0.1) is 12.0 Å². The molecule has 86 valence electrons. The Labute approximate surface area is 88.0 Å². The van der Waals surface area contributed by atoms with Crippen LogP contribution in [0.25, 0.3) is 0 Å². The molecule has 6 nitrogen and oxygen atoms in total. The summed E-state index contributed by atoms with van der Waals surface area (Å²) in [5, 5.41) is 10.4. The number of alkyl halides is 2. The van der Waals surface area contributed by atoms with Crippen LogP contribution in [-0.4, -0.2) is 23.0 Å². The molecule has 0 aliphatic carbocycles. The highest BCUT2D eigenvalue weighted by molar-refractivity contribution is 5.87. The summed E-state index contributed by atoms with van der Waals surface area (Å²) in [7, 11) is 1.02. The van der Waals surface area contributed by atoms with Crippen LogP contribution in [0.15, 0.2) is 12.1 Å². The topological polar surface area (TPSA) is 82.3 Å². The molecule has 0 amide bonds. The van der Waals surface area contributed by atoms with Crippen LogP contribution in [-0.2, 0) is 4.74 Å². The summed E-state index contributed by atoms with van der Waals surface area (Å²) in [6.45, 7) is 0. The lowest BCUT2D eigenvalue weighted by Crippen LogP contribution is -2.07. The number of methoxy groups -OCH3 is 1. The number of hydrogen-bond donors (Lipinski definition) is 0. The van der Waals surface area contributed by atoms with Crippen molar-refractivity contribution >= 4 is 11.7 Å². The van der Waals surface area contributed by atoms with Gasteiger partial charge < -0.3 is 4.74 Å². The largest absolute Gasteiger partial charge is 0.464 e. The molecule has 1 aromatic heterocycles. The predicted molar refractivity (Wildman–Crippen MR) is 47.2 cm³/mol. The number of ether oxygens (including phenoxy) is 1. The average Bonchev–Trinajstić information content (AvgIpc) is 2.27. The van der Waals surface area contributed by atoms with Gasteiger partial charge in [0.15, 0.2) is 5.69 Å². The molecule has 0 aromatic carbocycles. The quantitative estimate of drug-likeness (QED) is 0.450. The molecule has 0 bridgehead atoms. The summed E-state index contributed by atoms with van der Waals surface area (Å²) in [5.74, 6) is -1.01. The van der Waals surface area contributed by atoms with E-state index in [2.05, 4.69) is 9.72 Å². The lowest BCUT2D eigenvalue weighted by molar-refractivity contribution is -0.385. The summed E-state index contributed by atoms with van der Waals surface area (Å²) in [6, 6.07) is 1.38. The van der Waals surface area contributed by atoms with Gasteiger partial charge >= 0.3 is 5.97 Å². The summed E-state index contributed by atoms with van der Waals surface area (Å²) in [5.41, 5.74) is -1.99. The van der Waals surface area contributed by atoms with Crippen molar-refractivity contribution in [1.29, 1.82) is 0 Å². The Morgan fingerprint density at radius 1 is 1.56 bits per heavy atom. The SMILES string of the molecule is COC(=O)c1cc([N+](=O)[O-])cc(C(F)F)n1. The van der Waals surface area contributed by atoms with Gasteiger partial charge in [0, 0.05) is 12.1 Å². The van der Waals surface area contributed by atoms with Crippen LogP contribution in [0.3, 0.4) is 0 Å². The van der Waals surface area contributed by atoms with Crippen molar-refractivity contribution in [3.05, 3.63) is 33.6 Å². The van der Waals surface area contributed by atoms with Gasteiger partial charge in [-0.1, -0.05) is 0 Å². The van der Waals surface area contributed by atoms with Gasteiger partial charge in [-0.25, -0.2) is 18.6 Å². The maximum Gasteiger partial charge on any atom is 0.356 e. The Bertz CT molecular complexity index is 436. The fraction of sp³-hybridized carbons (Fsp3) is 0.250. The molecule has 0 saturated heterocycles. The van der Waals surface area contributed by atoms with Crippen molar-refractivity contribution in [2.75, 3.05) is 7.11 Å². The number of carbonyl (C=O) groups is 1. The van der Waals surface area contributed by atoms with Crippen LogP contribution >= 0.6 is 0 Å². The van der Waals surface area contributed by atoms with Crippen molar-refractivity contribution in [1.82, 2.24) is 4.98 Å². The van der Waals surface area contributed by atoms with Crippen molar-refractivity contribution < 1.29 is 23.2 Å². The van der Waals surface area contributed by atoms with Crippen LogP contribution in [0, 0.1) is 10.1 Å². The van der Waals surface area contributed by atoms with Gasteiger partial charge in [0.25, 0.3) is 12.1 Å². The van der Waals surface area contributed by atoms with E-state index in [1.165, 1.54) is 0 Å². The lowest BCUT2D eigenvalue weighted by Gasteiger charge is -2.02. The highest BCUT2D eigenvalue weighted by Gasteiger charge is 2.20. The minimum Gasteiger partial charge on any atom is -0.464 e. The number of pyridine rings is 1. The third-order valence-corrected chi connectivity index (χ3v) is 1.66. The Hall–Kier alpha value is -2.12. The molecule has 0 atom stereocenters. The number of carbonyl (C=O) groups excluding carboxylic acids is 1. The molecular weight excluding hydrogens is 226 g/mol. The minimum atomic E-state index is -3.00. The van der Waals surface area contributed by atoms with Crippen molar-refractivity contribution in [3.63, 3.8) is 0 Å². The van der Waals surface area contributed by atoms with E-state index in [-0.39, 0.29) is 0 Å². The lowest BCUT2D eigenvalue weighted by atomic mass is 10.2. The van der Waals surface area contributed by atoms with E-state index in [1.807, 2.05) is 0 Å². The van der Waals surface area contributed by atoms with E-state index in [0.29, 0.717) is 6.07 Å². The second-order valence-electron chi connectivity index (χ2n) is 2.68. The third-order valence-electron chi connectivity index (χ3n) is 1.66. The Morgan fingerprint density at radius 2 is 2.19 bits per heavy atom. The monoisotopic (exact) mass is 232 g/mol. The number of nitrogens with zero attached hydrogens (tertiary/aromatic N) is 2. The predicted octanol–water partition coefficient (Wildman–Crippen LogP) is 1.71. The summed E-state index contributed by atoms with van der Waals surface area (Å²) < 4.78 is 28.9. The van der Waals surface area contributed by atoms with Crippen LogP contribution in [0.1, 0.15) is 22.6 Å². The van der Waals surface area contributed by atoms with Gasteiger partial charge in [0.2, 0.25) is 0 Å². The van der Waals surface area contributed by atoms with E-state index >= 15 is 0 Å². The van der Waals surface area contributed by atoms with Gasteiger partial charge in [-0.3, -0.25) is 10.1 Å². The minimum absolute atomic E-state index is 0.521. The average molecular weight is 232 g/mol. The number of nitro groups is 1. The van der Waals surface area contributed by atoms with Crippen LogP contribution < -0.4 is 0 Å². The first-order chi connectivity index (χ1) is 7.45. The Morgan fingerprint density at radius 3 is 2.62 bits per heavy atom. The summed E-state index contributed by atoms with van der Waals surface area (Å²) in [4.78, 5) is 23.8. The normalized spacial score (nSPS) is 10.2. The zero-order valence-electron chi connectivity index (χ0n) is 8.02. The third kappa shape index (κ3) is 2.47. The highest BCUT2D eigenvalue weighted by Crippen LogP contribution is 2.22. The number of hydrogen-bond acceptors (Lipinski definition) is 5. The van der Waals surface area contributed by atoms with Crippen LogP contribution in [0.5, 0.6) is 0 Å². The molecule has 0 unspecified atom stereocenters. The van der Waals surface area contributed by atoms with Gasteiger partial charge in [-0.2, -0.15) is 0 Å². The van der Waals surface area contributed by atoms with Gasteiger partial charge in [-0.15, -0.1) is 0 Å². The molecule has 1 aromatic rings. The molecule has 0 aliphatic heterocycles. The summed E-state index contributed by atoms with van der Waals surface area (Å²) >= 11 is 0. The number of aromatic nitrogens is 1. The zero-order chi connectivity index (χ0) is 12.3. The maximum absolute atomic E-state index is 12.3. The smallest absolute Gasteiger partial charge is 0.356 e. The van der Waals surface area contributed by atoms with E-state index in [1.54, 1.807) is 0 Å². The molecule has 1 heterocycles. The fourth-order valence-corrected chi connectivity index (χ4v) is 0.963. The van der Waals surface area contributed by atoms with E-state index in [4.69, 9.17) is 0 Å². The van der Waals surface area contributed by atoms with Crippen molar-refractivity contribution in [3.8, 4) is 0 Å². The molecule has 0 fully saturated rings. The van der Waals surface area contributed by atoms with E-state index in [9.17, 15) is 23.7 Å². The highest BCUT2D eigenvalue weighted by atomic mass is 19.3. The van der Waals surface area contributed by atoms with Crippen molar-refractivity contribution in [2.45, 2.75) is 6.43 Å². The maximum atomic E-state index is 12.3. The first-order valence-corrected chi connectivity index (χ1v) is 3.98. The molecule has 1 rings (SSSR count). The summed E-state index contributed by atoms with van der Waals surface area (Å²) in [6.07, 6.45) is -3.00. The number of halogens is 2. The van der Waals surface area contributed by atoms with E-state index < -0.39 is 34.4 Å². The first-order valence-electron chi connectivity index (χ1n) is 3.98. The molecule has 0 N–H and O–H groups in total. The Balaban J connectivity index is 3.29. The molecule has 0 aliphatic rings. The Kier molecular flexibility index (Phi) is 3.44. The zero-order valence-corrected chi connectivity index (χ0v) is 8.02. The molecule has 0 spiro atoms.